The number of rotatable bonds is 4. The molecule has 1 atom stereocenters. The molecule has 2 aromatic rings. The number of hydrogen-bond acceptors (Lipinski definition) is 3. The SMILES string of the molecule is Cc1ccc(C(Cc2c(C)nn(C)c2Cl)NN)cc1C. The largest absolute Gasteiger partial charge is 0.271 e. The van der Waals surface area contributed by atoms with Gasteiger partial charge in [-0.25, -0.2) is 0 Å². The minimum Gasteiger partial charge on any atom is -0.271 e. The number of hydrogen-bond donors (Lipinski definition) is 2. The lowest BCUT2D eigenvalue weighted by atomic mass is 9.96. The van der Waals surface area contributed by atoms with Gasteiger partial charge >= 0.3 is 0 Å². The van der Waals surface area contributed by atoms with E-state index in [1.54, 1.807) is 4.68 Å². The molecule has 1 aromatic heterocycles. The van der Waals surface area contributed by atoms with E-state index in [-0.39, 0.29) is 6.04 Å². The third-order valence-corrected chi connectivity index (χ3v) is 4.29. The smallest absolute Gasteiger partial charge is 0.130 e. The molecule has 3 N–H and O–H groups in total. The molecule has 1 heterocycles. The molecular weight excluding hydrogens is 272 g/mol. The first-order chi connectivity index (χ1) is 9.43. The van der Waals surface area contributed by atoms with Crippen LogP contribution in [0.3, 0.4) is 0 Å². The van der Waals surface area contributed by atoms with Crippen LogP contribution >= 0.6 is 11.6 Å². The second-order valence-corrected chi connectivity index (χ2v) is 5.60. The number of nitrogens with one attached hydrogen (secondary N) is 1. The quantitative estimate of drug-likeness (QED) is 0.673. The second kappa shape index (κ2) is 5.95. The van der Waals surface area contributed by atoms with E-state index in [0.29, 0.717) is 5.15 Å². The van der Waals surface area contributed by atoms with Gasteiger partial charge in [0, 0.05) is 12.6 Å². The van der Waals surface area contributed by atoms with Gasteiger partial charge in [0.2, 0.25) is 0 Å². The van der Waals surface area contributed by atoms with Gasteiger partial charge in [-0.15, -0.1) is 0 Å². The molecule has 0 radical (unpaired) electrons. The fourth-order valence-electron chi connectivity index (χ4n) is 2.36. The van der Waals surface area contributed by atoms with Gasteiger partial charge in [0.1, 0.15) is 5.15 Å². The van der Waals surface area contributed by atoms with Crippen molar-refractivity contribution >= 4 is 11.6 Å². The molecule has 0 saturated heterocycles. The zero-order chi connectivity index (χ0) is 14.9. The molecule has 0 spiro atoms. The zero-order valence-electron chi connectivity index (χ0n) is 12.4. The number of aromatic nitrogens is 2. The normalized spacial score (nSPS) is 12.7. The van der Waals surface area contributed by atoms with Gasteiger partial charge in [0.25, 0.3) is 0 Å². The summed E-state index contributed by atoms with van der Waals surface area (Å²) in [7, 11) is 1.85. The Balaban J connectivity index is 2.31. The number of benzene rings is 1. The van der Waals surface area contributed by atoms with Crippen molar-refractivity contribution < 1.29 is 0 Å². The first-order valence-corrected chi connectivity index (χ1v) is 7.03. The Morgan fingerprint density at radius 1 is 1.30 bits per heavy atom. The summed E-state index contributed by atoms with van der Waals surface area (Å²) in [6.45, 7) is 6.18. The molecule has 108 valence electrons. The molecule has 4 nitrogen and oxygen atoms in total. The van der Waals surface area contributed by atoms with Crippen molar-refractivity contribution in [2.75, 3.05) is 0 Å². The minimum atomic E-state index is 0.0229. The van der Waals surface area contributed by atoms with Crippen molar-refractivity contribution in [1.82, 2.24) is 15.2 Å². The Morgan fingerprint density at radius 3 is 2.50 bits per heavy atom. The van der Waals surface area contributed by atoms with Crippen molar-refractivity contribution in [2.24, 2.45) is 12.9 Å². The lowest BCUT2D eigenvalue weighted by Gasteiger charge is -2.17. The lowest BCUT2D eigenvalue weighted by molar-refractivity contribution is 0.550. The van der Waals surface area contributed by atoms with Gasteiger partial charge in [-0.2, -0.15) is 5.10 Å². The van der Waals surface area contributed by atoms with Crippen LogP contribution in [0.2, 0.25) is 5.15 Å². The van der Waals surface area contributed by atoms with E-state index in [4.69, 9.17) is 17.4 Å². The standard InChI is InChI=1S/C15H21ClN4/c1-9-5-6-12(7-10(9)2)14(18-17)8-13-11(3)19-20(4)15(13)16/h5-7,14,18H,8,17H2,1-4H3. The molecule has 20 heavy (non-hydrogen) atoms. The van der Waals surface area contributed by atoms with Gasteiger partial charge in [0.15, 0.2) is 0 Å². The van der Waals surface area contributed by atoms with Crippen molar-refractivity contribution in [3.05, 3.63) is 51.3 Å². The van der Waals surface area contributed by atoms with E-state index in [9.17, 15) is 0 Å². The second-order valence-electron chi connectivity index (χ2n) is 5.25. The maximum Gasteiger partial charge on any atom is 0.130 e. The van der Waals surface area contributed by atoms with E-state index in [0.717, 1.165) is 23.2 Å². The predicted molar refractivity (Wildman–Crippen MR) is 82.6 cm³/mol. The van der Waals surface area contributed by atoms with Crippen LogP contribution in [-0.4, -0.2) is 9.78 Å². The van der Waals surface area contributed by atoms with Gasteiger partial charge in [-0.3, -0.25) is 16.0 Å². The number of halogens is 1. The van der Waals surface area contributed by atoms with E-state index in [2.05, 4.69) is 42.6 Å². The van der Waals surface area contributed by atoms with Gasteiger partial charge < -0.3 is 0 Å². The van der Waals surface area contributed by atoms with Crippen LogP contribution in [0, 0.1) is 20.8 Å². The van der Waals surface area contributed by atoms with Crippen molar-refractivity contribution in [3.8, 4) is 0 Å². The Morgan fingerprint density at radius 2 is 2.00 bits per heavy atom. The molecule has 0 fully saturated rings. The Bertz CT molecular complexity index is 619. The molecule has 0 aliphatic carbocycles. The van der Waals surface area contributed by atoms with Gasteiger partial charge in [-0.1, -0.05) is 29.8 Å². The summed E-state index contributed by atoms with van der Waals surface area (Å²) in [5, 5.41) is 5.01. The summed E-state index contributed by atoms with van der Waals surface area (Å²) in [5.41, 5.74) is 8.57. The number of aryl methyl sites for hydroxylation is 4. The average Bonchev–Trinajstić information content (AvgIpc) is 2.65. The molecule has 2 rings (SSSR count). The highest BCUT2D eigenvalue weighted by molar-refractivity contribution is 6.30. The van der Waals surface area contributed by atoms with E-state index >= 15 is 0 Å². The maximum atomic E-state index is 6.29. The monoisotopic (exact) mass is 292 g/mol. The average molecular weight is 293 g/mol. The minimum absolute atomic E-state index is 0.0229. The van der Waals surface area contributed by atoms with Crippen LogP contribution in [-0.2, 0) is 13.5 Å². The molecule has 0 aliphatic heterocycles. The lowest BCUT2D eigenvalue weighted by Crippen LogP contribution is -2.29. The molecule has 5 heteroatoms. The third-order valence-electron chi connectivity index (χ3n) is 3.81. The highest BCUT2D eigenvalue weighted by atomic mass is 35.5. The summed E-state index contributed by atoms with van der Waals surface area (Å²) in [6, 6.07) is 6.41. The van der Waals surface area contributed by atoms with Crippen LogP contribution in [0.5, 0.6) is 0 Å². The summed E-state index contributed by atoms with van der Waals surface area (Å²) >= 11 is 6.29. The topological polar surface area (TPSA) is 55.9 Å². The van der Waals surface area contributed by atoms with E-state index in [1.165, 1.54) is 11.1 Å². The number of nitrogens with two attached hydrogens (primary N) is 1. The molecule has 0 bridgehead atoms. The van der Waals surface area contributed by atoms with Crippen LogP contribution < -0.4 is 11.3 Å². The van der Waals surface area contributed by atoms with Crippen LogP contribution in [0.4, 0.5) is 0 Å². The highest BCUT2D eigenvalue weighted by Crippen LogP contribution is 2.26. The molecule has 0 aliphatic rings. The Hall–Kier alpha value is -1.36. The maximum absolute atomic E-state index is 6.29. The van der Waals surface area contributed by atoms with Gasteiger partial charge in [-0.05, 0) is 43.9 Å². The van der Waals surface area contributed by atoms with Crippen molar-refractivity contribution in [3.63, 3.8) is 0 Å². The van der Waals surface area contributed by atoms with Crippen LogP contribution in [0.1, 0.15) is 34.0 Å². The fraction of sp³-hybridized carbons (Fsp3) is 0.400. The first-order valence-electron chi connectivity index (χ1n) is 6.65. The Kier molecular flexibility index (Phi) is 4.48. The summed E-state index contributed by atoms with van der Waals surface area (Å²) in [5.74, 6) is 5.73. The molecular formula is C15H21ClN4. The molecule has 0 saturated carbocycles. The zero-order valence-corrected chi connectivity index (χ0v) is 13.1. The van der Waals surface area contributed by atoms with Crippen molar-refractivity contribution in [2.45, 2.75) is 33.2 Å². The fourth-order valence-corrected chi connectivity index (χ4v) is 2.62. The summed E-state index contributed by atoms with van der Waals surface area (Å²) < 4.78 is 1.69. The van der Waals surface area contributed by atoms with Crippen LogP contribution in [0.15, 0.2) is 18.2 Å². The molecule has 1 aromatic carbocycles. The molecule has 0 amide bonds. The summed E-state index contributed by atoms with van der Waals surface area (Å²) in [4.78, 5) is 0. The number of nitrogens with zero attached hydrogens (tertiary/aromatic N) is 2. The molecule has 1 unspecified atom stereocenters. The van der Waals surface area contributed by atoms with Gasteiger partial charge in [0.05, 0.1) is 11.7 Å². The third kappa shape index (κ3) is 2.87. The van der Waals surface area contributed by atoms with E-state index < -0.39 is 0 Å². The predicted octanol–water partition coefficient (Wildman–Crippen LogP) is 2.75. The Labute approximate surface area is 124 Å². The highest BCUT2D eigenvalue weighted by Gasteiger charge is 2.18. The van der Waals surface area contributed by atoms with Crippen LogP contribution in [0.25, 0.3) is 0 Å². The first kappa shape index (κ1) is 15.0. The number of hydrazine groups is 1. The van der Waals surface area contributed by atoms with E-state index in [1.807, 2.05) is 14.0 Å². The summed E-state index contributed by atoms with van der Waals surface area (Å²) in [6.07, 6.45) is 0.720. The van der Waals surface area contributed by atoms with Crippen molar-refractivity contribution in [1.29, 1.82) is 0 Å².